The van der Waals surface area contributed by atoms with E-state index in [9.17, 15) is 29.2 Å². The van der Waals surface area contributed by atoms with Crippen LogP contribution in [0.4, 0.5) is 0 Å². The molecule has 10 nitrogen and oxygen atoms in total. The van der Waals surface area contributed by atoms with E-state index < -0.39 is 0 Å². The number of nitrogens with zero attached hydrogens (tertiary/aromatic N) is 5. The number of hydrogen-bond donors (Lipinski definition) is 0. The SMILES string of the molecule is CCC(CC)n1c(=O)c2ccc3c4ccc5c(=O)n(C(CC)CC)c(=O)c6cc7c(c8c(cc(-c9ccc(C#N)cc9)n7CCCN7CCCCCC7=O)cc(c1=O)c2c38)c4c56. The number of aryl methyl sites for hydroxylation is 1. The van der Waals surface area contributed by atoms with Gasteiger partial charge in [0.15, 0.2) is 0 Å². The van der Waals surface area contributed by atoms with Crippen molar-refractivity contribution < 1.29 is 4.79 Å². The van der Waals surface area contributed by atoms with Gasteiger partial charge in [-0.05, 0) is 115 Å². The molecule has 10 rings (SSSR count). The Morgan fingerprint density at radius 3 is 1.69 bits per heavy atom. The Labute approximate surface area is 357 Å². The Hall–Kier alpha value is -6.60. The van der Waals surface area contributed by atoms with E-state index in [0.29, 0.717) is 89.5 Å². The van der Waals surface area contributed by atoms with Gasteiger partial charge in [-0.2, -0.15) is 5.26 Å². The normalized spacial score (nSPS) is 14.1. The molecule has 0 radical (unpaired) electrons. The monoisotopic (exact) mass is 823 g/mol. The lowest BCUT2D eigenvalue weighted by Crippen LogP contribution is -2.36. The van der Waals surface area contributed by atoms with Crippen LogP contribution in [0.3, 0.4) is 0 Å². The van der Waals surface area contributed by atoms with Crippen LogP contribution in [0.25, 0.3) is 86.8 Å². The van der Waals surface area contributed by atoms with Crippen molar-refractivity contribution in [3.8, 4) is 17.3 Å². The summed E-state index contributed by atoms with van der Waals surface area (Å²) in [5.74, 6) is 0.169. The molecule has 3 aromatic heterocycles. The van der Waals surface area contributed by atoms with Gasteiger partial charge in [0, 0.05) is 86.9 Å². The van der Waals surface area contributed by atoms with E-state index in [-0.39, 0.29) is 40.2 Å². The van der Waals surface area contributed by atoms with Crippen molar-refractivity contribution in [2.45, 2.75) is 104 Å². The summed E-state index contributed by atoms with van der Waals surface area (Å²) in [5, 5.41) is 18.7. The van der Waals surface area contributed by atoms with Gasteiger partial charge in [0.2, 0.25) is 5.91 Å². The molecule has 0 N–H and O–H groups in total. The Balaban J connectivity index is 1.44. The summed E-state index contributed by atoms with van der Waals surface area (Å²) >= 11 is 0. The van der Waals surface area contributed by atoms with Gasteiger partial charge < -0.3 is 9.47 Å². The molecule has 62 heavy (non-hydrogen) atoms. The molecule has 0 aliphatic carbocycles. The van der Waals surface area contributed by atoms with Gasteiger partial charge in [-0.1, -0.05) is 58.4 Å². The summed E-state index contributed by atoms with van der Waals surface area (Å²) in [6.45, 7) is 9.75. The summed E-state index contributed by atoms with van der Waals surface area (Å²) in [7, 11) is 0. The maximum atomic E-state index is 15.0. The Morgan fingerprint density at radius 1 is 0.565 bits per heavy atom. The lowest BCUT2D eigenvalue weighted by molar-refractivity contribution is -0.130. The standard InChI is InChI=1S/C52H49N5O5/c1-5-32(6-2)56-49(59)36-20-18-34-35-19-21-37-45-39(52(62)57(50(37)60)33(7-3)8-4)27-41-48(47(35)45)43-31(25-38(51(56)61)44(36)46(34)43)26-40(30-16-14-29(28-53)15-17-30)55(41)24-12-23-54-22-11-9-10-13-42(54)58/h14-21,25-27,32-33H,5-13,22-24H2,1-4H3. The first-order valence-electron chi connectivity index (χ1n) is 22.5. The summed E-state index contributed by atoms with van der Waals surface area (Å²) in [6.07, 6.45) is 6.57. The van der Waals surface area contributed by atoms with Gasteiger partial charge >= 0.3 is 0 Å². The van der Waals surface area contributed by atoms with Crippen molar-refractivity contribution in [3.05, 3.63) is 114 Å². The summed E-state index contributed by atoms with van der Waals surface area (Å²) in [5.41, 5.74) is 1.67. The van der Waals surface area contributed by atoms with Crippen molar-refractivity contribution in [3.63, 3.8) is 0 Å². The molecule has 0 saturated carbocycles. The van der Waals surface area contributed by atoms with Crippen LogP contribution in [-0.2, 0) is 11.3 Å². The first-order valence-corrected chi connectivity index (χ1v) is 22.5. The van der Waals surface area contributed by atoms with E-state index >= 15 is 0 Å². The average Bonchev–Trinajstić information content (AvgIpc) is 3.58. The van der Waals surface area contributed by atoms with Crippen LogP contribution in [0.5, 0.6) is 0 Å². The zero-order chi connectivity index (χ0) is 43.1. The highest BCUT2D eigenvalue weighted by Gasteiger charge is 2.29. The van der Waals surface area contributed by atoms with Crippen molar-refractivity contribution in [2.24, 2.45) is 0 Å². The van der Waals surface area contributed by atoms with Crippen molar-refractivity contribution in [1.82, 2.24) is 18.6 Å². The highest BCUT2D eigenvalue weighted by Crippen LogP contribution is 2.48. The Morgan fingerprint density at radius 2 is 1.11 bits per heavy atom. The smallest absolute Gasteiger partial charge is 0.261 e. The van der Waals surface area contributed by atoms with Crippen molar-refractivity contribution >= 4 is 81.4 Å². The molecule has 1 saturated heterocycles. The Bertz CT molecular complexity index is 3550. The van der Waals surface area contributed by atoms with Crippen LogP contribution < -0.4 is 22.2 Å². The number of nitriles is 1. The molecular formula is C52H49N5O5. The van der Waals surface area contributed by atoms with Crippen molar-refractivity contribution in [2.75, 3.05) is 13.1 Å². The molecule has 0 bridgehead atoms. The van der Waals surface area contributed by atoms with Crippen LogP contribution in [0, 0.1) is 11.3 Å². The van der Waals surface area contributed by atoms with Gasteiger partial charge in [-0.15, -0.1) is 0 Å². The number of hydrogen-bond acceptors (Lipinski definition) is 6. The van der Waals surface area contributed by atoms with Crippen LogP contribution >= 0.6 is 0 Å². The number of fused-ring (bicyclic) bond motifs is 1. The molecule has 1 aliphatic heterocycles. The lowest BCUT2D eigenvalue weighted by Gasteiger charge is -2.23. The minimum Gasteiger partial charge on any atom is -0.343 e. The fourth-order valence-electron chi connectivity index (χ4n) is 11.0. The van der Waals surface area contributed by atoms with Crippen LogP contribution in [0.15, 0.2) is 85.9 Å². The zero-order valence-electron chi connectivity index (χ0n) is 35.8. The molecule has 0 atom stereocenters. The molecule has 312 valence electrons. The van der Waals surface area contributed by atoms with Gasteiger partial charge in [0.25, 0.3) is 22.2 Å². The maximum absolute atomic E-state index is 15.0. The quantitative estimate of drug-likeness (QED) is 0.0944. The van der Waals surface area contributed by atoms with E-state index in [1.54, 1.807) is 12.1 Å². The van der Waals surface area contributed by atoms with E-state index in [0.717, 1.165) is 80.3 Å². The summed E-state index contributed by atoms with van der Waals surface area (Å²) in [6, 6.07) is 22.8. The second-order valence-electron chi connectivity index (χ2n) is 17.3. The highest BCUT2D eigenvalue weighted by atomic mass is 16.2. The Kier molecular flexibility index (Phi) is 9.62. The fraction of sp³-hybridized carbons (Fsp3) is 0.346. The number of amides is 1. The first-order chi connectivity index (χ1) is 30.1. The van der Waals surface area contributed by atoms with E-state index in [1.807, 2.05) is 81.1 Å². The zero-order valence-corrected chi connectivity index (χ0v) is 35.8. The van der Waals surface area contributed by atoms with Crippen LogP contribution in [-0.4, -0.2) is 37.6 Å². The number of carbonyl (C=O) groups is 1. The molecular weight excluding hydrogens is 775 g/mol. The van der Waals surface area contributed by atoms with E-state index in [2.05, 4.69) is 16.7 Å². The molecule has 6 aromatic carbocycles. The molecule has 0 spiro atoms. The third-order valence-corrected chi connectivity index (χ3v) is 14.2. The van der Waals surface area contributed by atoms with Gasteiger partial charge in [-0.3, -0.25) is 33.1 Å². The third-order valence-electron chi connectivity index (χ3n) is 14.2. The van der Waals surface area contributed by atoms with E-state index in [1.165, 1.54) is 9.13 Å². The lowest BCUT2D eigenvalue weighted by atomic mass is 9.84. The topological polar surface area (TPSA) is 127 Å². The highest BCUT2D eigenvalue weighted by molar-refractivity contribution is 6.44. The largest absolute Gasteiger partial charge is 0.343 e. The summed E-state index contributed by atoms with van der Waals surface area (Å²) in [4.78, 5) is 74.1. The van der Waals surface area contributed by atoms with Crippen molar-refractivity contribution in [1.29, 1.82) is 5.26 Å². The minimum atomic E-state index is -0.326. The number of likely N-dealkylation sites (tertiary alicyclic amines) is 1. The number of pyridine rings is 2. The maximum Gasteiger partial charge on any atom is 0.261 e. The van der Waals surface area contributed by atoms with Crippen LogP contribution in [0.1, 0.15) is 103 Å². The second kappa shape index (κ2) is 15.1. The number of rotatable bonds is 11. The van der Waals surface area contributed by atoms with Gasteiger partial charge in [-0.25, -0.2) is 0 Å². The molecule has 1 aliphatic rings. The first kappa shape index (κ1) is 39.5. The minimum absolute atomic E-state index is 0.169. The third kappa shape index (κ3) is 5.63. The molecule has 9 aromatic rings. The second-order valence-corrected chi connectivity index (χ2v) is 17.3. The molecule has 1 fully saturated rings. The average molecular weight is 824 g/mol. The predicted molar refractivity (Wildman–Crippen MR) is 251 cm³/mol. The molecule has 0 unspecified atom stereocenters. The van der Waals surface area contributed by atoms with Crippen LogP contribution in [0.2, 0.25) is 0 Å². The number of carbonyl (C=O) groups excluding carboxylic acids is 1. The number of aromatic nitrogens is 3. The summed E-state index contributed by atoms with van der Waals surface area (Å²) < 4.78 is 5.13. The fourth-order valence-corrected chi connectivity index (χ4v) is 11.0. The van der Waals surface area contributed by atoms with Gasteiger partial charge in [0.05, 0.1) is 22.5 Å². The van der Waals surface area contributed by atoms with Gasteiger partial charge in [0.1, 0.15) is 0 Å². The molecule has 1 amide bonds. The molecule has 4 heterocycles. The number of benzene rings is 6. The van der Waals surface area contributed by atoms with E-state index in [4.69, 9.17) is 0 Å². The molecule has 10 heteroatoms. The predicted octanol–water partition coefficient (Wildman–Crippen LogP) is 9.97.